The summed E-state index contributed by atoms with van der Waals surface area (Å²) in [6, 6.07) is 9.27. The summed E-state index contributed by atoms with van der Waals surface area (Å²) in [4.78, 5) is 12.5. The van der Waals surface area contributed by atoms with Crippen LogP contribution in [0.1, 0.15) is 24.9 Å². The lowest BCUT2D eigenvalue weighted by molar-refractivity contribution is -0.124. The van der Waals surface area contributed by atoms with Gasteiger partial charge in [0.1, 0.15) is 12.4 Å². The van der Waals surface area contributed by atoms with Gasteiger partial charge in [-0.05, 0) is 28.3 Å². The molecule has 7 heteroatoms. The summed E-state index contributed by atoms with van der Waals surface area (Å²) in [5.74, 6) is 0.0983. The summed E-state index contributed by atoms with van der Waals surface area (Å²) in [5, 5.41) is 22.9. The van der Waals surface area contributed by atoms with E-state index >= 15 is 0 Å². The molecule has 0 aliphatic rings. The third kappa shape index (κ3) is 4.63. The van der Waals surface area contributed by atoms with Crippen molar-refractivity contribution in [1.29, 1.82) is 0 Å². The summed E-state index contributed by atoms with van der Waals surface area (Å²) >= 11 is 0. The van der Waals surface area contributed by atoms with Crippen molar-refractivity contribution in [2.24, 2.45) is 5.92 Å². The lowest BCUT2D eigenvalue weighted by Crippen LogP contribution is -2.36. The van der Waals surface area contributed by atoms with Crippen molar-refractivity contribution >= 4 is 5.91 Å². The average molecular weight is 303 g/mol. The average Bonchev–Trinajstić information content (AvgIpc) is 3.06. The minimum absolute atomic E-state index is 0.122. The standard InChI is InChI=1S/C15H21N5O2/c1-12(7-8-21)10-16-15(22)14(20-11-17-18-19-20)9-13-5-3-2-4-6-13/h2-6,11-12,14,21H,7-10H2,1H3,(H,16,22). The van der Waals surface area contributed by atoms with Crippen LogP contribution in [0.3, 0.4) is 0 Å². The maximum Gasteiger partial charge on any atom is 0.245 e. The maximum atomic E-state index is 12.5. The molecule has 118 valence electrons. The van der Waals surface area contributed by atoms with E-state index in [1.807, 2.05) is 37.3 Å². The summed E-state index contributed by atoms with van der Waals surface area (Å²) in [7, 11) is 0. The molecule has 1 heterocycles. The van der Waals surface area contributed by atoms with E-state index in [0.717, 1.165) is 5.56 Å². The van der Waals surface area contributed by atoms with Crippen molar-refractivity contribution in [2.75, 3.05) is 13.2 Å². The fourth-order valence-electron chi connectivity index (χ4n) is 2.17. The number of nitrogens with zero attached hydrogens (tertiary/aromatic N) is 4. The van der Waals surface area contributed by atoms with Crippen molar-refractivity contribution in [3.05, 3.63) is 42.2 Å². The summed E-state index contributed by atoms with van der Waals surface area (Å²) in [5.41, 5.74) is 1.04. The van der Waals surface area contributed by atoms with Crippen LogP contribution in [-0.2, 0) is 11.2 Å². The van der Waals surface area contributed by atoms with Gasteiger partial charge >= 0.3 is 0 Å². The Labute approximate surface area is 129 Å². The van der Waals surface area contributed by atoms with E-state index < -0.39 is 6.04 Å². The third-order valence-corrected chi connectivity index (χ3v) is 3.51. The molecular weight excluding hydrogens is 282 g/mol. The van der Waals surface area contributed by atoms with Crippen molar-refractivity contribution in [1.82, 2.24) is 25.5 Å². The lowest BCUT2D eigenvalue weighted by atomic mass is 10.0. The number of amides is 1. The normalized spacial score (nSPS) is 13.5. The Morgan fingerprint density at radius 1 is 1.36 bits per heavy atom. The molecule has 0 saturated heterocycles. The van der Waals surface area contributed by atoms with Gasteiger partial charge in [0.25, 0.3) is 0 Å². The van der Waals surface area contributed by atoms with Gasteiger partial charge in [-0.25, -0.2) is 4.68 Å². The van der Waals surface area contributed by atoms with E-state index in [0.29, 0.717) is 19.4 Å². The Balaban J connectivity index is 2.03. The molecule has 2 atom stereocenters. The van der Waals surface area contributed by atoms with Crippen LogP contribution in [-0.4, -0.2) is 44.4 Å². The molecule has 22 heavy (non-hydrogen) atoms. The van der Waals surface area contributed by atoms with Crippen molar-refractivity contribution in [3.63, 3.8) is 0 Å². The van der Waals surface area contributed by atoms with Crippen molar-refractivity contribution in [3.8, 4) is 0 Å². The number of aliphatic hydroxyl groups excluding tert-OH is 1. The van der Waals surface area contributed by atoms with Crippen molar-refractivity contribution in [2.45, 2.75) is 25.8 Å². The number of benzene rings is 1. The number of carbonyl (C=O) groups excluding carboxylic acids is 1. The summed E-state index contributed by atoms with van der Waals surface area (Å²) < 4.78 is 1.47. The molecule has 0 radical (unpaired) electrons. The molecule has 0 fully saturated rings. The SMILES string of the molecule is CC(CCO)CNC(=O)C(Cc1ccccc1)n1cnnn1. The molecule has 1 aromatic heterocycles. The molecule has 2 aromatic rings. The van der Waals surface area contributed by atoms with Crippen LogP contribution >= 0.6 is 0 Å². The number of carbonyl (C=O) groups is 1. The molecule has 7 nitrogen and oxygen atoms in total. The number of rotatable bonds is 8. The molecular formula is C15H21N5O2. The zero-order valence-corrected chi connectivity index (χ0v) is 12.6. The molecule has 0 aliphatic heterocycles. The van der Waals surface area contributed by atoms with E-state index in [1.54, 1.807) is 0 Å². The van der Waals surface area contributed by atoms with E-state index in [9.17, 15) is 4.79 Å². The number of aromatic nitrogens is 4. The quantitative estimate of drug-likeness (QED) is 0.744. The van der Waals surface area contributed by atoms with Crippen molar-refractivity contribution < 1.29 is 9.90 Å². The first-order chi connectivity index (χ1) is 10.7. The number of tetrazole rings is 1. The first-order valence-electron chi connectivity index (χ1n) is 7.35. The second-order valence-electron chi connectivity index (χ2n) is 5.36. The molecule has 0 bridgehead atoms. The Bertz CT molecular complexity index is 559. The molecule has 2 rings (SSSR count). The highest BCUT2D eigenvalue weighted by atomic mass is 16.3. The van der Waals surface area contributed by atoms with Gasteiger partial charge in [0.05, 0.1) is 0 Å². The topological polar surface area (TPSA) is 92.9 Å². The second-order valence-corrected chi connectivity index (χ2v) is 5.36. The lowest BCUT2D eigenvalue weighted by Gasteiger charge is -2.18. The molecule has 1 amide bonds. The zero-order chi connectivity index (χ0) is 15.8. The van der Waals surface area contributed by atoms with Gasteiger partial charge in [-0.3, -0.25) is 4.79 Å². The van der Waals surface area contributed by atoms with E-state index in [1.165, 1.54) is 11.0 Å². The number of hydrogen-bond acceptors (Lipinski definition) is 5. The van der Waals surface area contributed by atoms with Gasteiger partial charge in [-0.2, -0.15) is 0 Å². The van der Waals surface area contributed by atoms with Gasteiger partial charge < -0.3 is 10.4 Å². The predicted octanol–water partition coefficient (Wildman–Crippen LogP) is 0.592. The number of nitrogens with one attached hydrogen (secondary N) is 1. The van der Waals surface area contributed by atoms with Crippen LogP contribution in [0.15, 0.2) is 36.7 Å². The molecule has 1 aromatic carbocycles. The highest BCUT2D eigenvalue weighted by molar-refractivity contribution is 5.80. The van der Waals surface area contributed by atoms with Gasteiger partial charge in [0.15, 0.2) is 0 Å². The number of aliphatic hydroxyl groups is 1. The minimum atomic E-state index is -0.487. The van der Waals surface area contributed by atoms with E-state index in [4.69, 9.17) is 5.11 Å². The molecule has 2 unspecified atom stereocenters. The summed E-state index contributed by atoms with van der Waals surface area (Å²) in [6.45, 7) is 2.63. The second kappa shape index (κ2) is 8.23. The van der Waals surface area contributed by atoms with Gasteiger partial charge in [-0.15, -0.1) is 5.10 Å². The van der Waals surface area contributed by atoms with Gasteiger partial charge in [0, 0.05) is 19.6 Å². The predicted molar refractivity (Wildman–Crippen MR) is 80.9 cm³/mol. The maximum absolute atomic E-state index is 12.5. The highest BCUT2D eigenvalue weighted by Crippen LogP contribution is 2.13. The number of hydrogen-bond donors (Lipinski definition) is 2. The first kappa shape index (κ1) is 16.1. The Morgan fingerprint density at radius 2 is 2.14 bits per heavy atom. The highest BCUT2D eigenvalue weighted by Gasteiger charge is 2.22. The van der Waals surface area contributed by atoms with Gasteiger partial charge in [-0.1, -0.05) is 37.3 Å². The van der Waals surface area contributed by atoms with Crippen LogP contribution in [0, 0.1) is 5.92 Å². The van der Waals surface area contributed by atoms with Crippen LogP contribution in [0.25, 0.3) is 0 Å². The minimum Gasteiger partial charge on any atom is -0.396 e. The van der Waals surface area contributed by atoms with Crippen LogP contribution < -0.4 is 5.32 Å². The van der Waals surface area contributed by atoms with Crippen LogP contribution in [0.2, 0.25) is 0 Å². The fourth-order valence-corrected chi connectivity index (χ4v) is 2.17. The smallest absolute Gasteiger partial charge is 0.245 e. The van der Waals surface area contributed by atoms with Gasteiger partial charge in [0.2, 0.25) is 5.91 Å². The van der Waals surface area contributed by atoms with Crippen LogP contribution in [0.5, 0.6) is 0 Å². The largest absolute Gasteiger partial charge is 0.396 e. The monoisotopic (exact) mass is 303 g/mol. The first-order valence-corrected chi connectivity index (χ1v) is 7.35. The Kier molecular flexibility index (Phi) is 6.02. The molecule has 0 aliphatic carbocycles. The molecule has 0 spiro atoms. The third-order valence-electron chi connectivity index (χ3n) is 3.51. The summed E-state index contributed by atoms with van der Waals surface area (Å²) in [6.07, 6.45) is 2.63. The fraction of sp³-hybridized carbons (Fsp3) is 0.467. The molecule has 0 saturated carbocycles. The molecule has 2 N–H and O–H groups in total. The van der Waals surface area contributed by atoms with E-state index in [-0.39, 0.29) is 18.4 Å². The Morgan fingerprint density at radius 3 is 2.77 bits per heavy atom. The zero-order valence-electron chi connectivity index (χ0n) is 12.6. The van der Waals surface area contributed by atoms with Crippen LogP contribution in [0.4, 0.5) is 0 Å². The van der Waals surface area contributed by atoms with E-state index in [2.05, 4.69) is 20.8 Å². The Hall–Kier alpha value is -2.28.